The van der Waals surface area contributed by atoms with E-state index in [1.165, 1.54) is 11.8 Å². The first-order valence-corrected chi connectivity index (χ1v) is 7.99. The van der Waals surface area contributed by atoms with Gasteiger partial charge in [0, 0.05) is 30.2 Å². The zero-order valence-corrected chi connectivity index (χ0v) is 13.6. The highest BCUT2D eigenvalue weighted by atomic mass is 35.5. The van der Waals surface area contributed by atoms with Crippen molar-refractivity contribution in [1.82, 2.24) is 9.97 Å². The van der Waals surface area contributed by atoms with Gasteiger partial charge in [0.25, 0.3) is 0 Å². The molecule has 0 unspecified atom stereocenters. The Hall–Kier alpha value is -1.36. The highest BCUT2D eigenvalue weighted by Gasteiger charge is 2.34. The Morgan fingerprint density at radius 3 is 2.50 bits per heavy atom. The van der Waals surface area contributed by atoms with Crippen LogP contribution in [0.3, 0.4) is 0 Å². The first-order valence-electron chi connectivity index (χ1n) is 7.23. The second-order valence-electron chi connectivity index (χ2n) is 5.48. The predicted molar refractivity (Wildman–Crippen MR) is 88.7 cm³/mol. The topological polar surface area (TPSA) is 47.0 Å². The third-order valence-corrected chi connectivity index (χ3v) is 4.55. The van der Waals surface area contributed by atoms with E-state index in [2.05, 4.69) is 27.4 Å². The average Bonchev–Trinajstić information content (AvgIpc) is 2.55. The van der Waals surface area contributed by atoms with Gasteiger partial charge in [0.1, 0.15) is 11.0 Å². The molecule has 1 saturated heterocycles. The summed E-state index contributed by atoms with van der Waals surface area (Å²) in [5, 5.41) is 4.50. The molecule has 0 amide bonds. The Morgan fingerprint density at radius 1 is 1.09 bits per heavy atom. The summed E-state index contributed by atoms with van der Waals surface area (Å²) < 4.78 is 5.54. The molecule has 0 bridgehead atoms. The van der Waals surface area contributed by atoms with Crippen molar-refractivity contribution >= 4 is 29.0 Å². The molecule has 2 heterocycles. The van der Waals surface area contributed by atoms with Gasteiger partial charge in [-0.1, -0.05) is 35.3 Å². The van der Waals surface area contributed by atoms with E-state index in [0.29, 0.717) is 11.0 Å². The molecule has 1 aliphatic rings. The molecule has 116 valence electrons. The van der Waals surface area contributed by atoms with Gasteiger partial charge >= 0.3 is 0 Å². The fourth-order valence-corrected chi connectivity index (χ4v) is 3.09. The lowest BCUT2D eigenvalue weighted by atomic mass is 9.74. The van der Waals surface area contributed by atoms with Crippen LogP contribution in [0.2, 0.25) is 10.2 Å². The Kier molecular flexibility index (Phi) is 4.81. The van der Waals surface area contributed by atoms with Crippen molar-refractivity contribution in [3.05, 3.63) is 52.4 Å². The van der Waals surface area contributed by atoms with Crippen LogP contribution in [0.5, 0.6) is 0 Å². The molecule has 1 aromatic carbocycles. The van der Waals surface area contributed by atoms with Crippen LogP contribution in [-0.4, -0.2) is 29.7 Å². The van der Waals surface area contributed by atoms with Crippen LogP contribution in [0, 0.1) is 0 Å². The van der Waals surface area contributed by atoms with Gasteiger partial charge in [-0.25, -0.2) is 4.98 Å². The molecule has 0 spiro atoms. The average molecular weight is 338 g/mol. The van der Waals surface area contributed by atoms with Gasteiger partial charge < -0.3 is 10.1 Å². The Bertz CT molecular complexity index is 628. The summed E-state index contributed by atoms with van der Waals surface area (Å²) in [6.07, 6.45) is 5.11. The maximum absolute atomic E-state index is 6.01. The minimum Gasteiger partial charge on any atom is -0.381 e. The number of hydrogen-bond donors (Lipinski definition) is 1. The Balaban J connectivity index is 1.81. The monoisotopic (exact) mass is 337 g/mol. The standard InChI is InChI=1S/C16H17Cl2N3O/c17-13-3-1-12(2-4-13)16(5-7-22-8-6-16)11-20-15-10-19-9-14(18)21-15/h1-4,9-10H,5-8,11H2,(H,20,21). The number of nitrogens with zero attached hydrogens (tertiary/aromatic N) is 2. The Morgan fingerprint density at radius 2 is 1.82 bits per heavy atom. The fourth-order valence-electron chi connectivity index (χ4n) is 2.82. The van der Waals surface area contributed by atoms with E-state index in [-0.39, 0.29) is 5.41 Å². The maximum atomic E-state index is 6.01. The predicted octanol–water partition coefficient (Wildman–Crippen LogP) is 3.94. The van der Waals surface area contributed by atoms with E-state index < -0.39 is 0 Å². The van der Waals surface area contributed by atoms with E-state index in [9.17, 15) is 0 Å². The molecule has 0 saturated carbocycles. The van der Waals surface area contributed by atoms with Crippen molar-refractivity contribution in [2.24, 2.45) is 0 Å². The third-order valence-electron chi connectivity index (χ3n) is 4.12. The summed E-state index contributed by atoms with van der Waals surface area (Å²) in [5.41, 5.74) is 1.27. The van der Waals surface area contributed by atoms with Crippen molar-refractivity contribution in [3.63, 3.8) is 0 Å². The summed E-state index contributed by atoms with van der Waals surface area (Å²) in [6.45, 7) is 2.27. The summed E-state index contributed by atoms with van der Waals surface area (Å²) in [5.74, 6) is 0.687. The van der Waals surface area contributed by atoms with Crippen LogP contribution < -0.4 is 5.32 Å². The second kappa shape index (κ2) is 6.82. The minimum absolute atomic E-state index is 0.00678. The molecule has 2 aromatic rings. The molecule has 1 N–H and O–H groups in total. The quantitative estimate of drug-likeness (QED) is 0.917. The van der Waals surface area contributed by atoms with Gasteiger partial charge in [-0.05, 0) is 30.5 Å². The van der Waals surface area contributed by atoms with Crippen LogP contribution in [0.4, 0.5) is 5.82 Å². The molecule has 6 heteroatoms. The molecule has 1 aliphatic heterocycles. The van der Waals surface area contributed by atoms with E-state index in [1.54, 1.807) is 6.20 Å². The van der Waals surface area contributed by atoms with Gasteiger partial charge in [0.2, 0.25) is 0 Å². The normalized spacial score (nSPS) is 17.2. The van der Waals surface area contributed by atoms with Crippen molar-refractivity contribution in [2.45, 2.75) is 18.3 Å². The summed E-state index contributed by atoms with van der Waals surface area (Å²) >= 11 is 11.9. The van der Waals surface area contributed by atoms with Crippen LogP contribution in [0.25, 0.3) is 0 Å². The first kappa shape index (κ1) is 15.5. The van der Waals surface area contributed by atoms with Crippen LogP contribution in [0.15, 0.2) is 36.7 Å². The number of anilines is 1. The molecular weight excluding hydrogens is 321 g/mol. The number of rotatable bonds is 4. The molecule has 1 aromatic heterocycles. The SMILES string of the molecule is Clc1ccc(C2(CNc3cncc(Cl)n3)CCOCC2)cc1. The van der Waals surface area contributed by atoms with Gasteiger partial charge in [0.05, 0.1) is 12.4 Å². The molecule has 3 rings (SSSR count). The number of halogens is 2. The number of hydrogen-bond acceptors (Lipinski definition) is 4. The highest BCUT2D eigenvalue weighted by molar-refractivity contribution is 6.30. The van der Waals surface area contributed by atoms with Gasteiger partial charge in [0.15, 0.2) is 0 Å². The van der Waals surface area contributed by atoms with Crippen molar-refractivity contribution in [3.8, 4) is 0 Å². The number of ether oxygens (including phenoxy) is 1. The van der Waals surface area contributed by atoms with Crippen molar-refractivity contribution < 1.29 is 4.74 Å². The van der Waals surface area contributed by atoms with E-state index in [4.69, 9.17) is 27.9 Å². The highest BCUT2D eigenvalue weighted by Crippen LogP contribution is 2.35. The van der Waals surface area contributed by atoms with Gasteiger partial charge in [-0.2, -0.15) is 0 Å². The molecular formula is C16H17Cl2N3O. The van der Waals surface area contributed by atoms with Crippen molar-refractivity contribution in [2.75, 3.05) is 25.1 Å². The molecule has 0 aliphatic carbocycles. The second-order valence-corrected chi connectivity index (χ2v) is 6.30. The van der Waals surface area contributed by atoms with Crippen LogP contribution in [0.1, 0.15) is 18.4 Å². The first-order chi connectivity index (χ1) is 10.7. The smallest absolute Gasteiger partial charge is 0.149 e. The largest absolute Gasteiger partial charge is 0.381 e. The summed E-state index contributed by atoms with van der Waals surface area (Å²) in [6, 6.07) is 8.07. The lowest BCUT2D eigenvalue weighted by Crippen LogP contribution is -2.40. The number of nitrogens with one attached hydrogen (secondary N) is 1. The van der Waals surface area contributed by atoms with Gasteiger partial charge in [-0.15, -0.1) is 0 Å². The molecule has 0 atom stereocenters. The number of benzene rings is 1. The van der Waals surface area contributed by atoms with Crippen molar-refractivity contribution in [1.29, 1.82) is 0 Å². The Labute approximate surface area is 139 Å². The van der Waals surface area contributed by atoms with Crippen LogP contribution >= 0.6 is 23.2 Å². The molecule has 1 fully saturated rings. The summed E-state index contributed by atoms with van der Waals surface area (Å²) in [4.78, 5) is 8.29. The van der Waals surface area contributed by atoms with E-state index >= 15 is 0 Å². The zero-order chi connectivity index (χ0) is 15.4. The molecule has 0 radical (unpaired) electrons. The molecule has 4 nitrogen and oxygen atoms in total. The minimum atomic E-state index is 0.00678. The van der Waals surface area contributed by atoms with Gasteiger partial charge in [-0.3, -0.25) is 4.98 Å². The fraction of sp³-hybridized carbons (Fsp3) is 0.375. The maximum Gasteiger partial charge on any atom is 0.149 e. The van der Waals surface area contributed by atoms with E-state index in [1.807, 2.05) is 12.1 Å². The molecule has 22 heavy (non-hydrogen) atoms. The lowest BCUT2D eigenvalue weighted by molar-refractivity contribution is 0.0543. The van der Waals surface area contributed by atoms with Crippen LogP contribution in [-0.2, 0) is 10.2 Å². The van der Waals surface area contributed by atoms with E-state index in [0.717, 1.165) is 37.6 Å². The lowest BCUT2D eigenvalue weighted by Gasteiger charge is -2.38. The number of aromatic nitrogens is 2. The third kappa shape index (κ3) is 3.51. The summed E-state index contributed by atoms with van der Waals surface area (Å²) in [7, 11) is 0. The zero-order valence-electron chi connectivity index (χ0n) is 12.1.